The molecule has 0 bridgehead atoms. The van der Waals surface area contributed by atoms with Crippen LogP contribution in [0.1, 0.15) is 38.9 Å². The molecule has 0 radical (unpaired) electrons. The normalized spacial score (nSPS) is 10.9. The summed E-state index contributed by atoms with van der Waals surface area (Å²) >= 11 is 0. The lowest BCUT2D eigenvalue weighted by atomic mass is 9.92. The Bertz CT molecular complexity index is 5460. The summed E-state index contributed by atoms with van der Waals surface area (Å²) in [6.45, 7) is 0. The highest BCUT2D eigenvalue weighted by atomic mass is 15.0. The van der Waals surface area contributed by atoms with Gasteiger partial charge in [-0.05, 0) is 119 Å². The van der Waals surface area contributed by atoms with Crippen molar-refractivity contribution in [1.82, 2.24) is 24.1 Å². The maximum Gasteiger partial charge on any atom is 0.164 e. The zero-order valence-electron chi connectivity index (χ0n) is 46.3. The number of para-hydroxylation sites is 2. The number of benzene rings is 11. The summed E-state index contributed by atoms with van der Waals surface area (Å²) in [5.74, 6) is 1.43. The molecule has 0 atom stereocenters. The van der Waals surface area contributed by atoms with Crippen LogP contribution in [-0.2, 0) is 0 Å². The second-order valence-electron chi connectivity index (χ2n) is 20.9. The van der Waals surface area contributed by atoms with Crippen LogP contribution < -0.4 is 0 Å². The van der Waals surface area contributed by atoms with Gasteiger partial charge in [0, 0.05) is 60.5 Å². The molecule has 14 aromatic rings. The molecule has 0 fully saturated rings. The van der Waals surface area contributed by atoms with Crippen molar-refractivity contribution >= 4 is 43.6 Å². The van der Waals surface area contributed by atoms with E-state index in [9.17, 15) is 36.8 Å². The first-order valence-corrected chi connectivity index (χ1v) is 27.8. The molecule has 88 heavy (non-hydrogen) atoms. The van der Waals surface area contributed by atoms with Crippen LogP contribution in [0.4, 0.5) is 0 Å². The third-order valence-corrected chi connectivity index (χ3v) is 16.0. The van der Waals surface area contributed by atoms with Crippen molar-refractivity contribution in [2.45, 2.75) is 0 Å². The van der Waals surface area contributed by atoms with Gasteiger partial charge in [0.15, 0.2) is 17.5 Å². The van der Waals surface area contributed by atoms with Crippen molar-refractivity contribution in [2.24, 2.45) is 0 Å². The predicted molar refractivity (Wildman–Crippen MR) is 340 cm³/mol. The largest absolute Gasteiger partial charge is 0.309 e. The Labute approximate surface area is 503 Å². The van der Waals surface area contributed by atoms with Crippen LogP contribution in [0.25, 0.3) is 134 Å². The van der Waals surface area contributed by atoms with E-state index in [1.807, 2.05) is 140 Å². The van der Waals surface area contributed by atoms with Crippen molar-refractivity contribution < 1.29 is 0 Å². The van der Waals surface area contributed by atoms with Crippen molar-refractivity contribution in [3.63, 3.8) is 0 Å². The average Bonchev–Trinajstić information content (AvgIpc) is 1.76. The van der Waals surface area contributed by atoms with E-state index in [0.29, 0.717) is 50.9 Å². The predicted octanol–water partition coefficient (Wildman–Crippen LogP) is 16.8. The van der Waals surface area contributed by atoms with Gasteiger partial charge in [0.05, 0.1) is 115 Å². The Kier molecular flexibility index (Phi) is 12.9. The summed E-state index contributed by atoms with van der Waals surface area (Å²) in [5.41, 5.74) is 14.6. The van der Waals surface area contributed by atoms with E-state index in [0.717, 1.165) is 88.4 Å². The summed E-state index contributed by atoms with van der Waals surface area (Å²) in [7, 11) is 0. The second-order valence-corrected chi connectivity index (χ2v) is 20.9. The van der Waals surface area contributed by atoms with E-state index in [1.165, 1.54) is 24.3 Å². The molecule has 0 saturated carbocycles. The number of aromatic nitrogens is 5. The molecule has 11 aromatic carbocycles. The number of rotatable bonds is 9. The molecular formula is C76H38N12. The molecule has 3 heterocycles. The Balaban J connectivity index is 1.08. The molecule has 0 N–H and O–H groups in total. The minimum absolute atomic E-state index is 0.211. The maximum atomic E-state index is 10.5. The summed E-state index contributed by atoms with van der Waals surface area (Å²) in [6, 6.07) is 89.3. The highest BCUT2D eigenvalue weighted by Crippen LogP contribution is 2.45. The van der Waals surface area contributed by atoms with E-state index >= 15 is 0 Å². The van der Waals surface area contributed by atoms with E-state index in [1.54, 1.807) is 12.1 Å². The number of nitriles is 7. The van der Waals surface area contributed by atoms with Gasteiger partial charge in [-0.15, -0.1) is 0 Å². The standard InChI is InChI=1S/C76H38N12/c77-39-46-19-21-49(22-20-46)52-23-27-62(71(38-52)88-67-18-10-8-16-61(67)64-36-54(25-29-70(64)88)73-58(44-82)33-48(41-79)34-59(73)45-83)65-37-55(76-85-74(50-11-3-1-4-12-50)84-75(86-76)51-13-5-2-6-14-51)26-30-69(65)87-66-17-9-7-15-60(66)63-35-53(24-28-68(63)87)72-56(42-80)31-47(40-78)32-57(72)43-81/h1-38H. The van der Waals surface area contributed by atoms with Gasteiger partial charge in [-0.1, -0.05) is 133 Å². The zero-order valence-corrected chi connectivity index (χ0v) is 46.3. The minimum atomic E-state index is 0.211. The van der Waals surface area contributed by atoms with Crippen LogP contribution in [0, 0.1) is 79.3 Å². The van der Waals surface area contributed by atoms with Crippen LogP contribution in [0.5, 0.6) is 0 Å². The fraction of sp³-hybridized carbons (Fsp3) is 0. The maximum absolute atomic E-state index is 10.5. The second kappa shape index (κ2) is 21.7. The number of hydrogen-bond donors (Lipinski definition) is 0. The summed E-state index contributed by atoms with van der Waals surface area (Å²) in [5, 5.41) is 74.9. The van der Waals surface area contributed by atoms with Gasteiger partial charge in [0.2, 0.25) is 0 Å². The van der Waals surface area contributed by atoms with Crippen LogP contribution in [-0.4, -0.2) is 24.1 Å². The smallest absolute Gasteiger partial charge is 0.164 e. The molecule has 3 aromatic heterocycles. The molecule has 0 spiro atoms. The molecular weight excluding hydrogens is 1080 g/mol. The molecule has 0 saturated heterocycles. The number of hydrogen-bond acceptors (Lipinski definition) is 10. The average molecular weight is 1120 g/mol. The summed E-state index contributed by atoms with van der Waals surface area (Å²) in [6.07, 6.45) is 0. The van der Waals surface area contributed by atoms with Crippen molar-refractivity contribution in [3.05, 3.63) is 269 Å². The molecule has 0 aliphatic heterocycles. The SMILES string of the molecule is N#Cc1ccc(-c2ccc(-c3cc(-c4nc(-c5ccccc5)nc(-c5ccccc5)n4)ccc3-n3c4ccccc4c4cc(-c5c(C#N)cc(C#N)cc5C#N)ccc43)c(-n3c4ccccc4c4cc(-c5c(C#N)cc(C#N)cc5C#N)ccc43)c2)cc1. The van der Waals surface area contributed by atoms with E-state index in [4.69, 9.17) is 15.0 Å². The third-order valence-electron chi connectivity index (χ3n) is 16.0. The highest BCUT2D eigenvalue weighted by Gasteiger charge is 2.25. The first kappa shape index (κ1) is 52.5. The van der Waals surface area contributed by atoms with E-state index in [2.05, 4.69) is 106 Å². The molecule has 0 amide bonds. The van der Waals surface area contributed by atoms with Gasteiger partial charge >= 0.3 is 0 Å². The first-order chi connectivity index (χ1) is 43.3. The van der Waals surface area contributed by atoms with Gasteiger partial charge in [0.25, 0.3) is 0 Å². The first-order valence-electron chi connectivity index (χ1n) is 27.8. The lowest BCUT2D eigenvalue weighted by Crippen LogP contribution is -2.04. The third kappa shape index (κ3) is 8.85. The fourth-order valence-corrected chi connectivity index (χ4v) is 12.0. The van der Waals surface area contributed by atoms with Crippen LogP contribution >= 0.6 is 0 Å². The number of nitrogens with zero attached hydrogens (tertiary/aromatic N) is 12. The van der Waals surface area contributed by atoms with Crippen LogP contribution in [0.2, 0.25) is 0 Å². The summed E-state index contributed by atoms with van der Waals surface area (Å²) < 4.78 is 4.47. The van der Waals surface area contributed by atoms with Crippen molar-refractivity contribution in [3.8, 4) is 133 Å². The van der Waals surface area contributed by atoms with Gasteiger partial charge in [-0.25, -0.2) is 15.0 Å². The highest BCUT2D eigenvalue weighted by molar-refractivity contribution is 6.13. The molecule has 0 aliphatic rings. The molecule has 0 unspecified atom stereocenters. The lowest BCUT2D eigenvalue weighted by Gasteiger charge is -2.21. The van der Waals surface area contributed by atoms with Gasteiger partial charge < -0.3 is 9.13 Å². The van der Waals surface area contributed by atoms with Gasteiger partial charge in [-0.3, -0.25) is 0 Å². The molecule has 402 valence electrons. The molecule has 14 rings (SSSR count). The van der Waals surface area contributed by atoms with Crippen molar-refractivity contribution in [2.75, 3.05) is 0 Å². The zero-order chi connectivity index (χ0) is 60.0. The Hall–Kier alpha value is -13.5. The summed E-state index contributed by atoms with van der Waals surface area (Å²) in [4.78, 5) is 15.5. The van der Waals surface area contributed by atoms with Gasteiger partial charge in [0.1, 0.15) is 0 Å². The minimum Gasteiger partial charge on any atom is -0.309 e. The Morgan fingerprint density at radius 2 is 0.648 bits per heavy atom. The quantitative estimate of drug-likeness (QED) is 0.133. The topological polar surface area (TPSA) is 215 Å². The van der Waals surface area contributed by atoms with Crippen LogP contribution in [0.3, 0.4) is 0 Å². The fourth-order valence-electron chi connectivity index (χ4n) is 12.0. The Morgan fingerprint density at radius 1 is 0.250 bits per heavy atom. The van der Waals surface area contributed by atoms with Gasteiger partial charge in [-0.2, -0.15) is 36.8 Å². The molecule has 0 aliphatic carbocycles. The monoisotopic (exact) mass is 1120 g/mol. The van der Waals surface area contributed by atoms with Crippen LogP contribution in [0.15, 0.2) is 231 Å². The molecule has 12 heteroatoms. The van der Waals surface area contributed by atoms with E-state index in [-0.39, 0.29) is 33.4 Å². The van der Waals surface area contributed by atoms with Crippen molar-refractivity contribution in [1.29, 1.82) is 36.8 Å². The molecule has 12 nitrogen and oxygen atoms in total. The Morgan fingerprint density at radius 3 is 1.11 bits per heavy atom. The lowest BCUT2D eigenvalue weighted by molar-refractivity contribution is 1.07. The van der Waals surface area contributed by atoms with E-state index < -0.39 is 0 Å². The number of fused-ring (bicyclic) bond motifs is 6.